The molecule has 7 aromatic heterocycles. The Kier molecular flexibility index (Phi) is 22.2. The van der Waals surface area contributed by atoms with Gasteiger partial charge in [0, 0.05) is 105 Å². The van der Waals surface area contributed by atoms with Crippen molar-refractivity contribution in [2.75, 3.05) is 0 Å². The Morgan fingerprint density at radius 3 is 0.637 bits per heavy atom. The fourth-order valence-electron chi connectivity index (χ4n) is 19.0. The van der Waals surface area contributed by atoms with Crippen LogP contribution in [0.25, 0.3) is 259 Å². The first-order valence-electron chi connectivity index (χ1n) is 47.5. The highest BCUT2D eigenvalue weighted by molar-refractivity contribution is 6.14. The molecule has 25 aromatic rings. The van der Waals surface area contributed by atoms with Gasteiger partial charge in [0.15, 0.2) is 87.4 Å². The van der Waals surface area contributed by atoms with Crippen molar-refractivity contribution in [1.29, 1.82) is 15.8 Å². The Hall–Kier alpha value is -20.9. The highest BCUT2D eigenvalue weighted by Gasteiger charge is 2.29. The van der Waals surface area contributed by atoms with Gasteiger partial charge >= 0.3 is 0 Å². The van der Waals surface area contributed by atoms with Gasteiger partial charge in [-0.2, -0.15) is 15.8 Å². The molecule has 0 saturated heterocycles. The smallest absolute Gasteiger partial charge is 0.166 e. The molecule has 20 heteroatoms. The molecule has 0 spiro atoms. The van der Waals surface area contributed by atoms with Crippen molar-refractivity contribution < 1.29 is 0 Å². The van der Waals surface area contributed by atoms with Gasteiger partial charge in [-0.05, 0) is 167 Å². The molecule has 146 heavy (non-hydrogen) atoms. The van der Waals surface area contributed by atoms with Crippen LogP contribution in [0.3, 0.4) is 0 Å². The minimum absolute atomic E-state index is 0.278. The Bertz CT molecular complexity index is 8490. The van der Waals surface area contributed by atoms with E-state index in [1.54, 1.807) is 12.1 Å². The first-order chi connectivity index (χ1) is 72.1. The minimum Gasteiger partial charge on any atom is -0.308 e. The summed E-state index contributed by atoms with van der Waals surface area (Å²) in [7, 11) is 0. The van der Waals surface area contributed by atoms with E-state index < -0.39 is 0 Å². The highest BCUT2D eigenvalue weighted by Crippen LogP contribution is 2.47. The molecule has 0 bridgehead atoms. The summed E-state index contributed by atoms with van der Waals surface area (Å²) in [4.78, 5) is 80.6. The molecule has 0 unspecified atom stereocenters. The van der Waals surface area contributed by atoms with Gasteiger partial charge in [0.25, 0.3) is 0 Å². The van der Waals surface area contributed by atoms with Crippen LogP contribution in [-0.4, -0.2) is 83.9 Å². The topological polar surface area (TPSA) is 275 Å². The van der Waals surface area contributed by atoms with Crippen LogP contribution in [0.5, 0.6) is 0 Å². The number of hydrogen-bond acceptors (Lipinski definition) is 18. The second-order valence-corrected chi connectivity index (χ2v) is 35.1. The molecule has 18 aromatic carbocycles. The molecular formula is C126H74N20. The molecule has 0 aliphatic heterocycles. The predicted molar refractivity (Wildman–Crippen MR) is 574 cm³/mol. The lowest BCUT2D eigenvalue weighted by atomic mass is 9.98. The normalized spacial score (nSPS) is 11.3. The zero-order chi connectivity index (χ0) is 97.5. The zero-order valence-corrected chi connectivity index (χ0v) is 77.7. The summed E-state index contributed by atoms with van der Waals surface area (Å²) in [6.45, 7) is 0. The lowest BCUT2D eigenvalue weighted by molar-refractivity contribution is 1.06. The molecule has 25 rings (SSSR count). The summed E-state index contributed by atoms with van der Waals surface area (Å²) in [5.41, 5.74) is 21.6. The van der Waals surface area contributed by atoms with E-state index in [2.05, 4.69) is 124 Å². The van der Waals surface area contributed by atoms with Crippen molar-refractivity contribution in [2.45, 2.75) is 0 Å². The maximum absolute atomic E-state index is 10.8. The second-order valence-electron chi connectivity index (χ2n) is 35.1. The predicted octanol–water partition coefficient (Wildman–Crippen LogP) is 28.4. The van der Waals surface area contributed by atoms with Crippen molar-refractivity contribution in [2.24, 2.45) is 0 Å². The molecule has 0 saturated carbocycles. The van der Waals surface area contributed by atoms with Gasteiger partial charge in [0.05, 0.1) is 68.3 Å². The number of hydrogen-bond donors (Lipinski definition) is 0. The second kappa shape index (κ2) is 37.4. The Morgan fingerprint density at radius 1 is 0.144 bits per heavy atom. The summed E-state index contributed by atoms with van der Waals surface area (Å²) < 4.78 is 4.51. The van der Waals surface area contributed by atoms with Gasteiger partial charge in [0.1, 0.15) is 0 Å². The lowest BCUT2D eigenvalue weighted by Gasteiger charge is -2.18. The van der Waals surface area contributed by atoms with E-state index in [0.717, 1.165) is 122 Å². The number of aromatic nitrogens is 17. The maximum atomic E-state index is 10.8. The molecule has 0 aliphatic rings. The third-order valence-electron chi connectivity index (χ3n) is 26.1. The molecule has 0 radical (unpaired) electrons. The minimum atomic E-state index is 0.278. The quantitative estimate of drug-likeness (QED) is 0.0685. The Labute approximate surface area is 837 Å². The fraction of sp³-hybridized carbons (Fsp3) is 0. The van der Waals surface area contributed by atoms with Gasteiger partial charge < -0.3 is 9.13 Å². The van der Waals surface area contributed by atoms with Crippen LogP contribution in [0, 0.1) is 34.0 Å². The molecule has 0 fully saturated rings. The van der Waals surface area contributed by atoms with E-state index >= 15 is 0 Å². The van der Waals surface area contributed by atoms with Crippen LogP contribution in [0.2, 0.25) is 0 Å². The number of nitriles is 3. The number of fused-ring (bicyclic) bond motifs is 6. The summed E-state index contributed by atoms with van der Waals surface area (Å²) in [5.74, 6) is 6.66. The van der Waals surface area contributed by atoms with Gasteiger partial charge in [-0.15, -0.1) is 0 Å². The van der Waals surface area contributed by atoms with Gasteiger partial charge in [-0.1, -0.05) is 315 Å². The summed E-state index contributed by atoms with van der Waals surface area (Å²) >= 11 is 0. The van der Waals surface area contributed by atoms with E-state index in [9.17, 15) is 15.8 Å². The van der Waals surface area contributed by atoms with Gasteiger partial charge in [-0.3, -0.25) is 0 Å². The number of nitrogens with zero attached hydrogens (tertiary/aromatic N) is 20. The molecule has 0 aliphatic carbocycles. The SMILES string of the molecule is N#Cc1cccc(-c2ccc(-c3nc(-c4cccc(-c5ccccc5C#N)c4)nc(-c4ccc(-c5cccc(C#N)c5)cc4-n4c5ccc(-c6nc(-c7ccccc7)nc(-c7ccccc7)n6)cc5c5cc(-c6nc(-c7ccccc7)nc(-c7ccccc7)n6)ccc54)n3)c(-n3c4ccc(-c5nc(-c6ccccc6)nc(-c6ccccc6)n5)cc4c4cc(-c5nc(-c6ccccc6)nc(-c6ccccc6)n5)ccc43)c2)c1. The van der Waals surface area contributed by atoms with Crippen molar-refractivity contribution in [3.63, 3.8) is 0 Å². The van der Waals surface area contributed by atoms with Crippen LogP contribution in [0.15, 0.2) is 449 Å². The number of rotatable bonds is 20. The molecule has 0 atom stereocenters. The molecule has 20 nitrogen and oxygen atoms in total. The van der Waals surface area contributed by atoms with Crippen LogP contribution in [-0.2, 0) is 0 Å². The Morgan fingerprint density at radius 2 is 0.356 bits per heavy atom. The van der Waals surface area contributed by atoms with Crippen LogP contribution < -0.4 is 0 Å². The van der Waals surface area contributed by atoms with E-state index in [1.807, 2.05) is 340 Å². The van der Waals surface area contributed by atoms with Crippen molar-refractivity contribution in [3.05, 3.63) is 466 Å². The first kappa shape index (κ1) is 86.6. The van der Waals surface area contributed by atoms with E-state index in [1.165, 1.54) is 0 Å². The molecule has 0 amide bonds. The van der Waals surface area contributed by atoms with Gasteiger partial charge in [-0.25, -0.2) is 74.8 Å². The van der Waals surface area contributed by atoms with Crippen molar-refractivity contribution >= 4 is 43.6 Å². The van der Waals surface area contributed by atoms with E-state index in [-0.39, 0.29) is 11.6 Å². The standard InChI is InChI=1S/C126H74N20/c127-75-78-30-27-49-88(66-78)90-54-60-100(110(73-90)145-106-62-56-94(121-134-112(80-32-9-1-10-33-80)130-113(135-121)81-34-11-2-12-35-81)69-102(106)103-70-95(57-63-107(103)145)122-136-114(82-36-13-3-14-37-82)131-115(137-122)83-38-15-4-16-39-83)125-142-120(93-52-29-51-92(68-93)99-53-26-25-48-98(99)77-129)143-126(144-125)101-61-55-91(89-50-28-31-79(67-89)76-128)74-111(101)146-108-64-58-96(123-138-116(84-40-17-5-18-41-84)132-117(139-123)85-42-19-6-20-43-85)71-104(108)105-72-97(59-65-109(105)146)124-140-118(86-44-21-7-22-45-86)133-119(141-124)87-46-23-8-24-47-87/h1-74H. The van der Waals surface area contributed by atoms with E-state index in [4.69, 9.17) is 74.8 Å². The molecule has 678 valence electrons. The van der Waals surface area contributed by atoms with Crippen LogP contribution in [0.1, 0.15) is 16.7 Å². The lowest BCUT2D eigenvalue weighted by Crippen LogP contribution is -2.06. The largest absolute Gasteiger partial charge is 0.308 e. The monoisotopic (exact) mass is 1870 g/mol. The first-order valence-corrected chi connectivity index (χ1v) is 47.5. The van der Waals surface area contributed by atoms with Crippen LogP contribution in [0.4, 0.5) is 0 Å². The van der Waals surface area contributed by atoms with Crippen LogP contribution >= 0.6 is 0 Å². The fourth-order valence-corrected chi connectivity index (χ4v) is 19.0. The number of benzene rings is 18. The zero-order valence-electron chi connectivity index (χ0n) is 77.7. The van der Waals surface area contributed by atoms with Gasteiger partial charge in [0.2, 0.25) is 0 Å². The highest BCUT2D eigenvalue weighted by atomic mass is 15.1. The third kappa shape index (κ3) is 16.6. The average molecular weight is 1870 g/mol. The third-order valence-corrected chi connectivity index (χ3v) is 26.1. The molecule has 0 N–H and O–H groups in total. The average Bonchev–Trinajstić information content (AvgIpc) is 1.57. The van der Waals surface area contributed by atoms with E-state index in [0.29, 0.717) is 143 Å². The summed E-state index contributed by atoms with van der Waals surface area (Å²) in [6, 6.07) is 155. The maximum Gasteiger partial charge on any atom is 0.166 e. The summed E-state index contributed by atoms with van der Waals surface area (Å²) in [6.07, 6.45) is 0. The summed E-state index contributed by atoms with van der Waals surface area (Å²) in [5, 5.41) is 35.5. The molecule has 7 heterocycles. The van der Waals surface area contributed by atoms with Crippen molar-refractivity contribution in [1.82, 2.24) is 83.9 Å². The molecular weight excluding hydrogens is 1790 g/mol. The van der Waals surface area contributed by atoms with Crippen molar-refractivity contribution in [3.8, 4) is 234 Å². The Balaban J connectivity index is 0.762.